The lowest BCUT2D eigenvalue weighted by atomic mass is 10.1. The van der Waals surface area contributed by atoms with Gasteiger partial charge in [0.1, 0.15) is 23.5 Å². The number of likely N-dealkylation sites (tertiary alicyclic amines) is 1. The van der Waals surface area contributed by atoms with Gasteiger partial charge in [0.15, 0.2) is 0 Å². The Morgan fingerprint density at radius 3 is 2.56 bits per heavy atom. The minimum Gasteiger partial charge on any atom is -0.374 e. The molecule has 0 unspecified atom stereocenters. The van der Waals surface area contributed by atoms with Crippen LogP contribution in [-0.4, -0.2) is 52.0 Å². The number of hydrogen-bond donors (Lipinski definition) is 2. The van der Waals surface area contributed by atoms with Crippen molar-refractivity contribution >= 4 is 28.2 Å². The minimum atomic E-state index is -2.93. The van der Waals surface area contributed by atoms with Crippen LogP contribution in [0.2, 0.25) is 5.02 Å². The summed E-state index contributed by atoms with van der Waals surface area (Å²) in [6.45, 7) is -0.223. The first-order chi connectivity index (χ1) is 17.1. The summed E-state index contributed by atoms with van der Waals surface area (Å²) in [5.74, 6) is -4.01. The van der Waals surface area contributed by atoms with E-state index in [1.165, 1.54) is 35.4 Å². The lowest BCUT2D eigenvalue weighted by molar-refractivity contribution is 0.00605. The molecule has 0 bridgehead atoms. The number of pyridine rings is 1. The maximum atomic E-state index is 14.3. The van der Waals surface area contributed by atoms with Crippen molar-refractivity contribution in [2.24, 2.45) is 0 Å². The second-order valence-corrected chi connectivity index (χ2v) is 9.31. The maximum absolute atomic E-state index is 14.3. The van der Waals surface area contributed by atoms with Crippen molar-refractivity contribution in [3.63, 3.8) is 0 Å². The fourth-order valence-electron chi connectivity index (χ4n) is 4.32. The smallest absolute Gasteiger partial charge is 0.281 e. The molecular weight excluding hydrogens is 498 g/mol. The summed E-state index contributed by atoms with van der Waals surface area (Å²) in [5, 5.41) is 3.17. The van der Waals surface area contributed by atoms with Crippen molar-refractivity contribution in [1.29, 1.82) is 0 Å². The monoisotopic (exact) mass is 517 g/mol. The molecule has 11 heteroatoms. The number of halogens is 5. The van der Waals surface area contributed by atoms with Gasteiger partial charge in [-0.05, 0) is 42.9 Å². The number of nitrogens with one attached hydrogen (secondary N) is 2. The lowest BCUT2D eigenvalue weighted by Crippen LogP contribution is -2.38. The summed E-state index contributed by atoms with van der Waals surface area (Å²) < 4.78 is 55.6. The highest BCUT2D eigenvalue weighted by Crippen LogP contribution is 2.33. The second kappa shape index (κ2) is 9.18. The van der Waals surface area contributed by atoms with Crippen LogP contribution in [0.15, 0.2) is 53.5 Å². The van der Waals surface area contributed by atoms with Gasteiger partial charge in [-0.25, -0.2) is 22.5 Å². The van der Waals surface area contributed by atoms with E-state index >= 15 is 0 Å². The van der Waals surface area contributed by atoms with Crippen molar-refractivity contribution < 1.29 is 17.6 Å². The Labute approximate surface area is 208 Å². The Morgan fingerprint density at radius 1 is 1.17 bits per heavy atom. The van der Waals surface area contributed by atoms with Gasteiger partial charge in [-0.2, -0.15) is 0 Å². The molecule has 1 saturated heterocycles. The summed E-state index contributed by atoms with van der Waals surface area (Å²) in [5.41, 5.74) is 1.52. The molecule has 5 rings (SSSR count). The predicted octanol–water partition coefficient (Wildman–Crippen LogP) is 4.87. The third kappa shape index (κ3) is 4.91. The van der Waals surface area contributed by atoms with Crippen LogP contribution in [0.1, 0.15) is 11.4 Å². The number of alkyl halides is 2. The Kier molecular flexibility index (Phi) is 6.17. The molecule has 0 spiro atoms. The molecule has 36 heavy (non-hydrogen) atoms. The average Bonchev–Trinajstić information content (AvgIpc) is 3.05. The number of anilines is 1. The minimum absolute atomic E-state index is 0.140. The highest BCUT2D eigenvalue weighted by Gasteiger charge is 2.47. The van der Waals surface area contributed by atoms with Gasteiger partial charge in [-0.3, -0.25) is 14.7 Å². The number of aromatic nitrogens is 3. The van der Waals surface area contributed by atoms with Crippen LogP contribution >= 0.6 is 11.6 Å². The van der Waals surface area contributed by atoms with Gasteiger partial charge >= 0.3 is 0 Å². The summed E-state index contributed by atoms with van der Waals surface area (Å²) in [7, 11) is 1.61. The van der Waals surface area contributed by atoms with E-state index in [9.17, 15) is 22.4 Å². The first-order valence-corrected chi connectivity index (χ1v) is 11.4. The van der Waals surface area contributed by atoms with E-state index in [4.69, 9.17) is 11.6 Å². The van der Waals surface area contributed by atoms with Gasteiger partial charge < -0.3 is 10.3 Å². The highest BCUT2D eigenvalue weighted by molar-refractivity contribution is 6.34. The van der Waals surface area contributed by atoms with E-state index < -0.39 is 29.2 Å². The fraction of sp³-hybridized carbons (Fsp3) is 0.240. The molecule has 0 saturated carbocycles. The average molecular weight is 518 g/mol. The van der Waals surface area contributed by atoms with Gasteiger partial charge in [0.05, 0.1) is 33.9 Å². The lowest BCUT2D eigenvalue weighted by Gasteiger charge is -2.21. The first kappa shape index (κ1) is 24.2. The molecule has 0 radical (unpaired) electrons. The molecule has 0 aliphatic carbocycles. The van der Waals surface area contributed by atoms with Gasteiger partial charge in [0.25, 0.3) is 11.5 Å². The van der Waals surface area contributed by atoms with E-state index in [-0.39, 0.29) is 35.6 Å². The number of hydrogen-bond acceptors (Lipinski definition) is 5. The Balaban J connectivity index is 1.41. The van der Waals surface area contributed by atoms with Crippen molar-refractivity contribution in [1.82, 2.24) is 19.9 Å². The first-order valence-electron chi connectivity index (χ1n) is 11.0. The van der Waals surface area contributed by atoms with Crippen molar-refractivity contribution in [3.8, 4) is 11.3 Å². The van der Waals surface area contributed by atoms with Crippen molar-refractivity contribution in [3.05, 3.63) is 87.1 Å². The number of rotatable bonds is 5. The van der Waals surface area contributed by atoms with Crippen LogP contribution in [0.4, 0.5) is 23.2 Å². The topological polar surface area (TPSA) is 73.9 Å². The molecule has 4 aromatic rings. The second-order valence-electron chi connectivity index (χ2n) is 8.90. The number of likely N-dealkylation sites (N-methyl/N-ethyl adjacent to an activating group) is 1. The zero-order valence-electron chi connectivity index (χ0n) is 19.0. The van der Waals surface area contributed by atoms with Crippen LogP contribution in [-0.2, 0) is 6.42 Å². The quantitative estimate of drug-likeness (QED) is 0.370. The number of fused-ring (bicyclic) bond motifs is 1. The van der Waals surface area contributed by atoms with Crippen LogP contribution in [0.3, 0.4) is 0 Å². The van der Waals surface area contributed by atoms with Gasteiger partial charge in [0.2, 0.25) is 0 Å². The Hall–Kier alpha value is -3.50. The Bertz CT molecular complexity index is 1490. The molecule has 2 N–H and O–H groups in total. The number of H-pyrrole nitrogens is 1. The molecule has 1 fully saturated rings. The number of aromatic amines is 1. The summed E-state index contributed by atoms with van der Waals surface area (Å²) in [4.78, 5) is 25.6. The van der Waals surface area contributed by atoms with E-state index in [2.05, 4.69) is 20.3 Å². The number of nitrogens with zero attached hydrogens (tertiary/aromatic N) is 3. The molecule has 3 heterocycles. The van der Waals surface area contributed by atoms with Crippen molar-refractivity contribution in [2.45, 2.75) is 18.4 Å². The summed E-state index contributed by atoms with van der Waals surface area (Å²) in [6.07, 6.45) is 1.74. The van der Waals surface area contributed by atoms with E-state index in [1.54, 1.807) is 19.2 Å². The maximum Gasteiger partial charge on any atom is 0.281 e. The van der Waals surface area contributed by atoms with E-state index in [0.717, 1.165) is 6.07 Å². The molecular formula is C25H20ClF4N5O. The highest BCUT2D eigenvalue weighted by atomic mass is 35.5. The summed E-state index contributed by atoms with van der Waals surface area (Å²) in [6, 6.07) is 8.24. The van der Waals surface area contributed by atoms with Gasteiger partial charge in [0, 0.05) is 30.8 Å². The number of benzene rings is 2. The SMILES string of the molecule is CN1C[C@H](Nc2cc3nc(Cc4ccc(-c5cc(F)cc(F)c5)nc4)[nH]c(=O)c3cc2Cl)C(F)(F)C1. The van der Waals surface area contributed by atoms with Crippen molar-refractivity contribution in [2.75, 3.05) is 25.5 Å². The molecule has 1 aliphatic rings. The fourth-order valence-corrected chi connectivity index (χ4v) is 4.53. The zero-order valence-corrected chi connectivity index (χ0v) is 19.7. The molecule has 1 atom stereocenters. The normalized spacial score (nSPS) is 17.6. The van der Waals surface area contributed by atoms with Crippen LogP contribution in [0.25, 0.3) is 22.2 Å². The summed E-state index contributed by atoms with van der Waals surface area (Å²) >= 11 is 6.28. The molecule has 2 aromatic heterocycles. The van der Waals surface area contributed by atoms with Crippen LogP contribution < -0.4 is 10.9 Å². The third-order valence-corrected chi connectivity index (χ3v) is 6.33. The van der Waals surface area contributed by atoms with Gasteiger partial charge in [-0.15, -0.1) is 0 Å². The molecule has 1 aliphatic heterocycles. The van der Waals surface area contributed by atoms with Gasteiger partial charge in [-0.1, -0.05) is 17.7 Å². The molecule has 2 aromatic carbocycles. The zero-order chi connectivity index (χ0) is 25.6. The van der Waals surface area contributed by atoms with E-state index in [0.29, 0.717) is 28.2 Å². The predicted molar refractivity (Wildman–Crippen MR) is 130 cm³/mol. The van der Waals surface area contributed by atoms with Crippen LogP contribution in [0.5, 0.6) is 0 Å². The molecule has 6 nitrogen and oxygen atoms in total. The molecule has 186 valence electrons. The largest absolute Gasteiger partial charge is 0.374 e. The standard InChI is InChI=1S/C25H20ClF4N5O/c1-35-11-22(25(29,30)12-35)32-21-9-20-17(8-18(21)26)24(36)34-23(33-20)4-13-2-3-19(31-10-13)14-5-15(27)7-16(28)6-14/h2-3,5-10,22,32H,4,11-12H2,1H3,(H,33,34,36)/t22-/m0/s1. The van der Waals surface area contributed by atoms with Crippen LogP contribution in [0, 0.1) is 11.6 Å². The van der Waals surface area contributed by atoms with E-state index in [1.807, 2.05) is 0 Å². The Morgan fingerprint density at radius 2 is 1.92 bits per heavy atom. The third-order valence-electron chi connectivity index (χ3n) is 6.01. The molecule has 0 amide bonds.